The number of fused-ring (bicyclic) bond motifs is 1. The first kappa shape index (κ1) is 16.0. The average Bonchev–Trinajstić information content (AvgIpc) is 2.52. The van der Waals surface area contributed by atoms with Crippen LogP contribution in [0.25, 0.3) is 10.8 Å². The first-order chi connectivity index (χ1) is 10.2. The lowest BCUT2D eigenvalue weighted by molar-refractivity contribution is 0.119. The first-order valence-electron chi connectivity index (χ1n) is 7.67. The Morgan fingerprint density at radius 3 is 2.62 bits per heavy atom. The Labute approximate surface area is 127 Å². The number of benzene rings is 2. The van der Waals surface area contributed by atoms with Crippen LogP contribution in [0.1, 0.15) is 18.5 Å². The van der Waals surface area contributed by atoms with E-state index in [9.17, 15) is 0 Å². The molecule has 2 rings (SSSR count). The van der Waals surface area contributed by atoms with E-state index in [1.807, 2.05) is 14.0 Å². The molecule has 0 bridgehead atoms. The van der Waals surface area contributed by atoms with Gasteiger partial charge in [-0.15, -0.1) is 0 Å². The van der Waals surface area contributed by atoms with Crippen molar-refractivity contribution in [2.24, 2.45) is 0 Å². The third kappa shape index (κ3) is 4.53. The Hall–Kier alpha value is -1.42. The van der Waals surface area contributed by atoms with Gasteiger partial charge in [0.2, 0.25) is 0 Å². The van der Waals surface area contributed by atoms with Gasteiger partial charge in [0.15, 0.2) is 0 Å². The number of nitrogens with one attached hydrogen (secondary N) is 1. The zero-order valence-corrected chi connectivity index (χ0v) is 13.3. The molecule has 1 atom stereocenters. The molecular formula is C18H26N2O. The van der Waals surface area contributed by atoms with E-state index in [2.05, 4.69) is 59.7 Å². The van der Waals surface area contributed by atoms with Gasteiger partial charge in [0, 0.05) is 25.7 Å². The molecule has 0 radical (unpaired) electrons. The van der Waals surface area contributed by atoms with Crippen LogP contribution in [0.3, 0.4) is 0 Å². The summed E-state index contributed by atoms with van der Waals surface area (Å²) in [6.45, 7) is 5.54. The van der Waals surface area contributed by atoms with Crippen LogP contribution in [0, 0.1) is 0 Å². The molecule has 3 heteroatoms. The van der Waals surface area contributed by atoms with Gasteiger partial charge in [0.1, 0.15) is 0 Å². The van der Waals surface area contributed by atoms with Crippen LogP contribution in [0.15, 0.2) is 42.5 Å². The lowest BCUT2D eigenvalue weighted by atomic mass is 10.0. The van der Waals surface area contributed by atoms with Crippen LogP contribution in [0.4, 0.5) is 0 Å². The third-order valence-corrected chi connectivity index (χ3v) is 3.84. The summed E-state index contributed by atoms with van der Waals surface area (Å²) in [5.41, 5.74) is 1.33. The van der Waals surface area contributed by atoms with Crippen molar-refractivity contribution >= 4 is 10.8 Å². The Bertz CT molecular complexity index is 556. The van der Waals surface area contributed by atoms with E-state index in [-0.39, 0.29) is 0 Å². The monoisotopic (exact) mass is 286 g/mol. The SMILES string of the molecule is CCOCCN(C)CC(NC)c1ccc2ccccc2c1. The van der Waals surface area contributed by atoms with Crippen molar-refractivity contribution in [3.8, 4) is 0 Å². The van der Waals surface area contributed by atoms with Crippen molar-refractivity contribution < 1.29 is 4.74 Å². The maximum Gasteiger partial charge on any atom is 0.0593 e. The van der Waals surface area contributed by atoms with Gasteiger partial charge in [-0.05, 0) is 43.4 Å². The summed E-state index contributed by atoms with van der Waals surface area (Å²) in [4.78, 5) is 2.31. The topological polar surface area (TPSA) is 24.5 Å². The Morgan fingerprint density at radius 1 is 1.14 bits per heavy atom. The second-order valence-electron chi connectivity index (χ2n) is 5.41. The van der Waals surface area contributed by atoms with Gasteiger partial charge in [-0.2, -0.15) is 0 Å². The maximum atomic E-state index is 5.42. The van der Waals surface area contributed by atoms with Gasteiger partial charge >= 0.3 is 0 Å². The number of likely N-dealkylation sites (N-methyl/N-ethyl adjacent to an activating group) is 2. The largest absolute Gasteiger partial charge is 0.380 e. The summed E-state index contributed by atoms with van der Waals surface area (Å²) in [5, 5.41) is 6.01. The molecule has 21 heavy (non-hydrogen) atoms. The minimum absolute atomic E-state index is 0.334. The fraction of sp³-hybridized carbons (Fsp3) is 0.444. The van der Waals surface area contributed by atoms with Gasteiger partial charge in [-0.25, -0.2) is 0 Å². The number of rotatable bonds is 8. The summed E-state index contributed by atoms with van der Waals surface area (Å²) >= 11 is 0. The van der Waals surface area contributed by atoms with E-state index < -0.39 is 0 Å². The second-order valence-corrected chi connectivity index (χ2v) is 5.41. The van der Waals surface area contributed by atoms with Crippen molar-refractivity contribution in [1.82, 2.24) is 10.2 Å². The lowest BCUT2D eigenvalue weighted by Crippen LogP contribution is -2.33. The molecule has 0 saturated carbocycles. The summed E-state index contributed by atoms with van der Waals surface area (Å²) in [5.74, 6) is 0. The van der Waals surface area contributed by atoms with Gasteiger partial charge < -0.3 is 15.0 Å². The molecule has 1 N–H and O–H groups in total. The highest BCUT2D eigenvalue weighted by molar-refractivity contribution is 5.83. The number of nitrogens with zero attached hydrogens (tertiary/aromatic N) is 1. The molecule has 3 nitrogen and oxygen atoms in total. The van der Waals surface area contributed by atoms with Crippen LogP contribution >= 0.6 is 0 Å². The average molecular weight is 286 g/mol. The predicted molar refractivity (Wildman–Crippen MR) is 89.7 cm³/mol. The van der Waals surface area contributed by atoms with Crippen LogP contribution in [0.2, 0.25) is 0 Å². The Kier molecular flexibility index (Phi) is 6.18. The third-order valence-electron chi connectivity index (χ3n) is 3.84. The van der Waals surface area contributed by atoms with E-state index in [4.69, 9.17) is 4.74 Å². The molecular weight excluding hydrogens is 260 g/mol. The highest BCUT2D eigenvalue weighted by Crippen LogP contribution is 2.20. The van der Waals surface area contributed by atoms with Gasteiger partial charge in [-0.3, -0.25) is 0 Å². The molecule has 0 aromatic heterocycles. The summed E-state index contributed by atoms with van der Waals surface area (Å²) in [6, 6.07) is 15.5. The minimum Gasteiger partial charge on any atom is -0.380 e. The highest BCUT2D eigenvalue weighted by Gasteiger charge is 2.12. The quantitative estimate of drug-likeness (QED) is 0.755. The van der Waals surface area contributed by atoms with E-state index >= 15 is 0 Å². The molecule has 0 fully saturated rings. The fourth-order valence-electron chi connectivity index (χ4n) is 2.56. The molecule has 0 aliphatic heterocycles. The normalized spacial score (nSPS) is 13.0. The molecule has 0 saturated heterocycles. The standard InChI is InChI=1S/C18H26N2O/c1-4-21-12-11-20(3)14-18(19-2)17-10-9-15-7-5-6-8-16(15)13-17/h5-10,13,18-19H,4,11-12,14H2,1-3H3. The summed E-state index contributed by atoms with van der Waals surface area (Å²) in [7, 11) is 4.17. The molecule has 0 heterocycles. The Balaban J connectivity index is 2.04. The van der Waals surface area contributed by atoms with Crippen LogP contribution < -0.4 is 5.32 Å². The summed E-state index contributed by atoms with van der Waals surface area (Å²) < 4.78 is 5.42. The smallest absolute Gasteiger partial charge is 0.0593 e. The lowest BCUT2D eigenvalue weighted by Gasteiger charge is -2.24. The van der Waals surface area contributed by atoms with E-state index in [0.717, 1.165) is 26.3 Å². The van der Waals surface area contributed by atoms with Gasteiger partial charge in [-0.1, -0.05) is 36.4 Å². The highest BCUT2D eigenvalue weighted by atomic mass is 16.5. The zero-order valence-electron chi connectivity index (χ0n) is 13.3. The van der Waals surface area contributed by atoms with E-state index in [1.165, 1.54) is 16.3 Å². The van der Waals surface area contributed by atoms with Crippen molar-refractivity contribution in [2.45, 2.75) is 13.0 Å². The first-order valence-corrected chi connectivity index (χ1v) is 7.67. The molecule has 1 unspecified atom stereocenters. The number of ether oxygens (including phenoxy) is 1. The Morgan fingerprint density at radius 2 is 1.90 bits per heavy atom. The molecule has 2 aromatic carbocycles. The number of hydrogen-bond donors (Lipinski definition) is 1. The molecule has 0 spiro atoms. The van der Waals surface area contributed by atoms with Crippen molar-refractivity contribution in [3.05, 3.63) is 48.0 Å². The van der Waals surface area contributed by atoms with Crippen LogP contribution in [0.5, 0.6) is 0 Å². The van der Waals surface area contributed by atoms with Crippen LogP contribution in [-0.4, -0.2) is 45.3 Å². The molecule has 0 amide bonds. The van der Waals surface area contributed by atoms with Crippen LogP contribution in [-0.2, 0) is 4.74 Å². The van der Waals surface area contributed by atoms with E-state index in [1.54, 1.807) is 0 Å². The predicted octanol–water partition coefficient (Wildman–Crippen LogP) is 3.07. The van der Waals surface area contributed by atoms with E-state index in [0.29, 0.717) is 6.04 Å². The zero-order chi connectivity index (χ0) is 15.1. The molecule has 0 aliphatic rings. The molecule has 2 aromatic rings. The van der Waals surface area contributed by atoms with Gasteiger partial charge in [0.25, 0.3) is 0 Å². The van der Waals surface area contributed by atoms with Crippen molar-refractivity contribution in [2.75, 3.05) is 40.4 Å². The van der Waals surface area contributed by atoms with Gasteiger partial charge in [0.05, 0.1) is 6.61 Å². The molecule has 0 aliphatic carbocycles. The number of hydrogen-bond acceptors (Lipinski definition) is 3. The summed E-state index contributed by atoms with van der Waals surface area (Å²) in [6.07, 6.45) is 0. The molecule has 114 valence electrons. The maximum absolute atomic E-state index is 5.42. The minimum atomic E-state index is 0.334. The fourth-order valence-corrected chi connectivity index (χ4v) is 2.56. The second kappa shape index (κ2) is 8.13. The van der Waals surface area contributed by atoms with Crippen molar-refractivity contribution in [1.29, 1.82) is 0 Å². The van der Waals surface area contributed by atoms with Crippen molar-refractivity contribution in [3.63, 3.8) is 0 Å².